The second-order valence-electron chi connectivity index (χ2n) is 20.7. The van der Waals surface area contributed by atoms with Gasteiger partial charge in [-0.15, -0.1) is 0 Å². The van der Waals surface area contributed by atoms with Crippen molar-refractivity contribution in [1.29, 1.82) is 0 Å². The fourth-order valence-corrected chi connectivity index (χ4v) is 13.7. The van der Waals surface area contributed by atoms with Crippen molar-refractivity contribution in [2.24, 2.45) is 50.2 Å². The molecular weight excluding hydrogens is 728 g/mol. The SMILES string of the molecule is CC1(C)CCC2(C)C(OC3OC(CO)C(O)C(O)C3O)CC3(C)C(=CCC4C5(C)CCC(OC6OC(CO)C(O)C(O)C6O)C(C)(C=O)C5C(O)CC43C)C2C1. The fraction of sp³-hybridized carbons (Fsp3) is 0.929. The number of ether oxygens (including phenoxy) is 4. The molecule has 0 aromatic carbocycles. The first-order chi connectivity index (χ1) is 26.1. The zero-order valence-electron chi connectivity index (χ0n) is 34.0. The van der Waals surface area contributed by atoms with Crippen molar-refractivity contribution in [1.82, 2.24) is 0 Å². The van der Waals surface area contributed by atoms with Crippen LogP contribution in [-0.2, 0) is 23.7 Å². The molecule has 0 aromatic heterocycles. The molecule has 0 bridgehead atoms. The predicted molar refractivity (Wildman–Crippen MR) is 199 cm³/mol. The number of aldehydes is 1. The van der Waals surface area contributed by atoms with Crippen molar-refractivity contribution in [2.75, 3.05) is 13.2 Å². The Morgan fingerprint density at radius 3 is 1.79 bits per heavy atom. The maximum atomic E-state index is 13.4. The molecule has 0 aromatic rings. The minimum atomic E-state index is -1.63. The van der Waals surface area contributed by atoms with E-state index in [0.29, 0.717) is 25.7 Å². The Hall–Kier alpha value is -1.11. The third-order valence-corrected chi connectivity index (χ3v) is 17.2. The highest BCUT2D eigenvalue weighted by Gasteiger charge is 2.72. The van der Waals surface area contributed by atoms with Gasteiger partial charge in [-0.05, 0) is 84.9 Å². The molecule has 2 heterocycles. The summed E-state index contributed by atoms with van der Waals surface area (Å²) in [4.78, 5) is 13.4. The zero-order valence-corrected chi connectivity index (χ0v) is 34.0. The van der Waals surface area contributed by atoms with E-state index in [1.807, 2.05) is 0 Å². The fourth-order valence-electron chi connectivity index (χ4n) is 13.7. The van der Waals surface area contributed by atoms with Crippen molar-refractivity contribution in [3.63, 3.8) is 0 Å². The van der Waals surface area contributed by atoms with Crippen molar-refractivity contribution in [3.05, 3.63) is 11.6 Å². The molecule has 56 heavy (non-hydrogen) atoms. The van der Waals surface area contributed by atoms with E-state index in [1.54, 1.807) is 6.92 Å². The number of fused-ring (bicyclic) bond motifs is 7. The maximum Gasteiger partial charge on any atom is 0.187 e. The Morgan fingerprint density at radius 2 is 1.25 bits per heavy atom. The topological polar surface area (TPSA) is 236 Å². The molecule has 4 saturated carbocycles. The lowest BCUT2D eigenvalue weighted by Crippen LogP contribution is -2.70. The van der Waals surface area contributed by atoms with Crippen molar-refractivity contribution in [3.8, 4) is 0 Å². The number of rotatable bonds is 7. The normalized spacial score (nSPS) is 56.8. The molecule has 2 saturated heterocycles. The Balaban J connectivity index is 1.23. The number of carbonyl (C=O) groups excluding carboxylic acids is 1. The maximum absolute atomic E-state index is 13.4. The van der Waals surface area contributed by atoms with E-state index in [1.165, 1.54) is 5.57 Å². The third-order valence-electron chi connectivity index (χ3n) is 17.2. The summed E-state index contributed by atoms with van der Waals surface area (Å²) in [6.07, 6.45) is -7.93. The van der Waals surface area contributed by atoms with Crippen LogP contribution in [0.4, 0.5) is 0 Å². The largest absolute Gasteiger partial charge is 0.394 e. The second kappa shape index (κ2) is 14.5. The first-order valence-electron chi connectivity index (χ1n) is 20.8. The van der Waals surface area contributed by atoms with Crippen molar-refractivity contribution < 1.29 is 69.7 Å². The van der Waals surface area contributed by atoms with Gasteiger partial charge in [-0.1, -0.05) is 60.1 Å². The van der Waals surface area contributed by atoms with E-state index in [-0.39, 0.29) is 22.7 Å². The minimum absolute atomic E-state index is 0.0125. The van der Waals surface area contributed by atoms with Gasteiger partial charge in [0.15, 0.2) is 12.6 Å². The summed E-state index contributed by atoms with van der Waals surface area (Å²) in [5.41, 5.74) is -1.75. The van der Waals surface area contributed by atoms with Gasteiger partial charge < -0.3 is 69.7 Å². The van der Waals surface area contributed by atoms with Crippen LogP contribution in [-0.4, -0.2) is 145 Å². The predicted octanol–water partition coefficient (Wildman–Crippen LogP) is 0.938. The van der Waals surface area contributed by atoms with Gasteiger partial charge >= 0.3 is 0 Å². The van der Waals surface area contributed by atoms with Gasteiger partial charge in [-0.3, -0.25) is 0 Å². The van der Waals surface area contributed by atoms with Crippen LogP contribution in [0.3, 0.4) is 0 Å². The van der Waals surface area contributed by atoms with Gasteiger partial charge in [0.2, 0.25) is 0 Å². The summed E-state index contributed by atoms with van der Waals surface area (Å²) in [7, 11) is 0. The number of allylic oxidation sites excluding steroid dienone is 2. The van der Waals surface area contributed by atoms with E-state index in [4.69, 9.17) is 18.9 Å². The molecule has 2 aliphatic heterocycles. The van der Waals surface area contributed by atoms with Crippen LogP contribution in [0.1, 0.15) is 99.8 Å². The average molecular weight is 797 g/mol. The number of aliphatic hydroxyl groups excluding tert-OH is 9. The van der Waals surface area contributed by atoms with E-state index in [0.717, 1.165) is 32.0 Å². The Morgan fingerprint density at radius 1 is 0.696 bits per heavy atom. The molecule has 14 nitrogen and oxygen atoms in total. The first kappa shape index (κ1) is 43.0. The number of hydrogen-bond donors (Lipinski definition) is 9. The zero-order chi connectivity index (χ0) is 41.1. The number of carbonyl (C=O) groups is 1. The molecule has 5 aliphatic carbocycles. The van der Waals surface area contributed by atoms with Gasteiger partial charge in [0.05, 0.1) is 36.9 Å². The Kier molecular flexibility index (Phi) is 11.1. The second-order valence-corrected chi connectivity index (χ2v) is 20.7. The van der Waals surface area contributed by atoms with Gasteiger partial charge in [0.1, 0.15) is 55.1 Å². The smallest absolute Gasteiger partial charge is 0.187 e. The lowest BCUT2D eigenvalue weighted by atomic mass is 9.33. The molecule has 0 radical (unpaired) electrons. The summed E-state index contributed by atoms with van der Waals surface area (Å²) in [6, 6.07) is 0. The molecule has 320 valence electrons. The van der Waals surface area contributed by atoms with Crippen LogP contribution in [0.15, 0.2) is 11.6 Å². The Labute approximate surface area is 330 Å². The quantitative estimate of drug-likeness (QED) is 0.0992. The lowest BCUT2D eigenvalue weighted by Gasteiger charge is -2.72. The standard InChI is InChI=1S/C42H68O14/c1-37(2)12-13-38(3)21(14-37)20-8-9-25-39(4)11-10-26(55-35-32(51)30(49)28(47)23(17-43)53-35)40(5,19-45)34(39)22(46)15-42(25,7)41(20,6)16-27(38)56-36-33(52)31(50)29(48)24(18-44)54-36/h8,19,21-36,43-44,46-52H,9-18H2,1-7H3. The monoisotopic (exact) mass is 796 g/mol. The van der Waals surface area contributed by atoms with Crippen LogP contribution in [0.25, 0.3) is 0 Å². The Bertz CT molecular complexity index is 1500. The van der Waals surface area contributed by atoms with Crippen LogP contribution < -0.4 is 0 Å². The highest BCUT2D eigenvalue weighted by atomic mass is 16.7. The van der Waals surface area contributed by atoms with Crippen molar-refractivity contribution >= 4 is 6.29 Å². The summed E-state index contributed by atoms with van der Waals surface area (Å²) in [5, 5.41) is 96.3. The van der Waals surface area contributed by atoms with Crippen LogP contribution >= 0.6 is 0 Å². The first-order valence-corrected chi connectivity index (χ1v) is 20.8. The highest BCUT2D eigenvalue weighted by Crippen LogP contribution is 2.76. The van der Waals surface area contributed by atoms with Gasteiger partial charge in [-0.25, -0.2) is 0 Å². The van der Waals surface area contributed by atoms with Gasteiger partial charge in [0, 0.05) is 11.3 Å². The van der Waals surface area contributed by atoms with Crippen molar-refractivity contribution in [2.45, 2.75) is 180 Å². The lowest BCUT2D eigenvalue weighted by molar-refractivity contribution is -0.336. The summed E-state index contributed by atoms with van der Waals surface area (Å²) in [5.74, 6) is -0.432. The number of hydrogen-bond acceptors (Lipinski definition) is 14. The molecule has 21 atom stereocenters. The number of aliphatic hydroxyl groups is 9. The highest BCUT2D eigenvalue weighted by molar-refractivity contribution is 5.62. The summed E-state index contributed by atoms with van der Waals surface area (Å²) < 4.78 is 24.8. The summed E-state index contributed by atoms with van der Waals surface area (Å²) >= 11 is 0. The molecule has 7 aliphatic rings. The van der Waals surface area contributed by atoms with Crippen LogP contribution in [0, 0.1) is 50.2 Å². The molecule has 9 N–H and O–H groups in total. The van der Waals surface area contributed by atoms with E-state index < -0.39 is 121 Å². The molecule has 0 amide bonds. The van der Waals surface area contributed by atoms with E-state index >= 15 is 0 Å². The van der Waals surface area contributed by atoms with Crippen LogP contribution in [0.2, 0.25) is 0 Å². The van der Waals surface area contributed by atoms with Gasteiger partial charge in [-0.2, -0.15) is 0 Å². The average Bonchev–Trinajstić information content (AvgIpc) is 3.14. The molecular formula is C42H68O14. The minimum Gasteiger partial charge on any atom is -0.394 e. The van der Waals surface area contributed by atoms with Crippen LogP contribution in [0.5, 0.6) is 0 Å². The third kappa shape index (κ3) is 6.17. The molecule has 14 heteroatoms. The van der Waals surface area contributed by atoms with Gasteiger partial charge in [0.25, 0.3) is 0 Å². The summed E-state index contributed by atoms with van der Waals surface area (Å²) in [6.45, 7) is 14.2. The molecule has 7 rings (SSSR count). The van der Waals surface area contributed by atoms with E-state index in [9.17, 15) is 50.8 Å². The molecule has 21 unspecified atom stereocenters. The van der Waals surface area contributed by atoms with E-state index in [2.05, 4.69) is 47.6 Å². The molecule has 6 fully saturated rings. The molecule has 0 spiro atoms.